The number of carbonyl (C=O) groups excluding carboxylic acids is 2. The molecule has 0 saturated carbocycles. The summed E-state index contributed by atoms with van der Waals surface area (Å²) in [5.41, 5.74) is 1.85. The number of methoxy groups -OCH3 is 2. The van der Waals surface area contributed by atoms with E-state index in [2.05, 4.69) is 5.32 Å². The lowest BCUT2D eigenvalue weighted by atomic mass is 10.1. The van der Waals surface area contributed by atoms with Crippen molar-refractivity contribution >= 4 is 27.5 Å². The molecule has 0 radical (unpaired) electrons. The van der Waals surface area contributed by atoms with E-state index in [1.54, 1.807) is 68.6 Å². The summed E-state index contributed by atoms with van der Waals surface area (Å²) in [6, 6.07) is 19.4. The summed E-state index contributed by atoms with van der Waals surface area (Å²) in [5.74, 6) is 0.0284. The molecule has 2 amide bonds. The molecule has 3 aromatic carbocycles. The molecule has 0 heterocycles. The first kappa shape index (κ1) is 31.5. The SMILES string of the molecule is CCCCNC(=O)[C@H](C)N(Cc1cccc(OC)c1)C(=O)CN(c1ccccc1OC)S(=O)(=O)c1ccc(C)cc1. The van der Waals surface area contributed by atoms with Crippen LogP contribution in [-0.2, 0) is 26.2 Å². The normalized spacial score (nSPS) is 11.8. The number of rotatable bonds is 14. The van der Waals surface area contributed by atoms with Gasteiger partial charge in [0.25, 0.3) is 10.0 Å². The molecule has 0 saturated heterocycles. The van der Waals surface area contributed by atoms with E-state index in [4.69, 9.17) is 9.47 Å². The standard InChI is InChI=1S/C31H39N3O6S/c1-6-7-19-32-31(36)24(3)33(21-25-11-10-12-26(20-25)39-4)30(35)22-34(28-13-8-9-14-29(28)40-5)41(37,38)27-17-15-23(2)16-18-27/h8-18,20,24H,6-7,19,21-22H2,1-5H3,(H,32,36)/t24-/m0/s1. The highest BCUT2D eigenvalue weighted by atomic mass is 32.2. The van der Waals surface area contributed by atoms with Gasteiger partial charge in [-0.05, 0) is 62.2 Å². The molecular formula is C31H39N3O6S. The number of sulfonamides is 1. The van der Waals surface area contributed by atoms with E-state index in [0.717, 1.165) is 28.3 Å². The second-order valence-corrected chi connectivity index (χ2v) is 11.6. The Hall–Kier alpha value is -4.05. The lowest BCUT2D eigenvalue weighted by Crippen LogP contribution is -2.51. The third kappa shape index (κ3) is 8.00. The van der Waals surface area contributed by atoms with Crippen LogP contribution in [0.2, 0.25) is 0 Å². The molecule has 0 spiro atoms. The van der Waals surface area contributed by atoms with E-state index in [1.165, 1.54) is 24.1 Å². The third-order valence-corrected chi connectivity index (χ3v) is 8.50. The molecule has 0 aliphatic heterocycles. The molecule has 1 N–H and O–H groups in total. The van der Waals surface area contributed by atoms with Crippen molar-refractivity contribution in [1.82, 2.24) is 10.2 Å². The zero-order chi connectivity index (χ0) is 30.0. The topological polar surface area (TPSA) is 105 Å². The van der Waals surface area contributed by atoms with Crippen LogP contribution in [0, 0.1) is 6.92 Å². The molecule has 3 rings (SSSR count). The molecule has 9 nitrogen and oxygen atoms in total. The summed E-state index contributed by atoms with van der Waals surface area (Å²) in [6.45, 7) is 5.53. The van der Waals surface area contributed by atoms with Crippen molar-refractivity contribution < 1.29 is 27.5 Å². The number of unbranched alkanes of at least 4 members (excludes halogenated alkanes) is 1. The molecule has 0 unspecified atom stereocenters. The molecular weight excluding hydrogens is 542 g/mol. The summed E-state index contributed by atoms with van der Waals surface area (Å²) < 4.78 is 39.8. The maximum atomic E-state index is 14.1. The Morgan fingerprint density at radius 3 is 2.32 bits per heavy atom. The number of hydrogen-bond acceptors (Lipinski definition) is 6. The molecule has 0 fully saturated rings. The molecule has 0 bridgehead atoms. The van der Waals surface area contributed by atoms with Crippen LogP contribution in [0.3, 0.4) is 0 Å². The van der Waals surface area contributed by atoms with Gasteiger partial charge in [-0.2, -0.15) is 0 Å². The predicted octanol–water partition coefficient (Wildman–Crippen LogP) is 4.54. The first-order valence-electron chi connectivity index (χ1n) is 13.5. The average molecular weight is 582 g/mol. The van der Waals surface area contributed by atoms with Crippen molar-refractivity contribution in [2.45, 2.75) is 51.1 Å². The highest BCUT2D eigenvalue weighted by Crippen LogP contribution is 2.32. The van der Waals surface area contributed by atoms with Crippen molar-refractivity contribution in [3.8, 4) is 11.5 Å². The van der Waals surface area contributed by atoms with Crippen LogP contribution >= 0.6 is 0 Å². The van der Waals surface area contributed by atoms with Crippen LogP contribution in [0.25, 0.3) is 0 Å². The number of carbonyl (C=O) groups is 2. The first-order chi connectivity index (χ1) is 19.6. The molecule has 0 aliphatic carbocycles. The lowest BCUT2D eigenvalue weighted by molar-refractivity contribution is -0.139. The second-order valence-electron chi connectivity index (χ2n) is 9.69. The number of para-hydroxylation sites is 2. The van der Waals surface area contributed by atoms with Gasteiger partial charge < -0.3 is 19.7 Å². The molecule has 41 heavy (non-hydrogen) atoms. The number of nitrogens with one attached hydrogen (secondary N) is 1. The smallest absolute Gasteiger partial charge is 0.264 e. The lowest BCUT2D eigenvalue weighted by Gasteiger charge is -2.32. The predicted molar refractivity (Wildman–Crippen MR) is 160 cm³/mol. The number of anilines is 1. The van der Waals surface area contributed by atoms with Crippen molar-refractivity contribution in [2.24, 2.45) is 0 Å². The number of nitrogens with zero attached hydrogens (tertiary/aromatic N) is 2. The van der Waals surface area contributed by atoms with Gasteiger partial charge in [0.2, 0.25) is 11.8 Å². The highest BCUT2D eigenvalue weighted by Gasteiger charge is 2.33. The van der Waals surface area contributed by atoms with Crippen LogP contribution < -0.4 is 19.1 Å². The molecule has 0 aliphatic rings. The van der Waals surface area contributed by atoms with E-state index in [1.807, 2.05) is 19.9 Å². The number of benzene rings is 3. The van der Waals surface area contributed by atoms with Crippen molar-refractivity contribution in [3.63, 3.8) is 0 Å². The Morgan fingerprint density at radius 2 is 1.66 bits per heavy atom. The average Bonchev–Trinajstić information content (AvgIpc) is 2.98. The Balaban J connectivity index is 2.04. The van der Waals surface area contributed by atoms with Gasteiger partial charge >= 0.3 is 0 Å². The van der Waals surface area contributed by atoms with Crippen molar-refractivity contribution in [1.29, 1.82) is 0 Å². The maximum absolute atomic E-state index is 14.1. The Morgan fingerprint density at radius 1 is 0.951 bits per heavy atom. The van der Waals surface area contributed by atoms with Crippen molar-refractivity contribution in [3.05, 3.63) is 83.9 Å². The maximum Gasteiger partial charge on any atom is 0.264 e. The Bertz CT molecular complexity index is 1430. The van der Waals surface area contributed by atoms with Gasteiger partial charge in [-0.25, -0.2) is 8.42 Å². The fourth-order valence-corrected chi connectivity index (χ4v) is 5.70. The zero-order valence-electron chi connectivity index (χ0n) is 24.3. The minimum atomic E-state index is -4.19. The number of amides is 2. The Kier molecular flexibility index (Phi) is 11.2. The molecule has 1 atom stereocenters. The summed E-state index contributed by atoms with van der Waals surface area (Å²) in [4.78, 5) is 28.6. The van der Waals surface area contributed by atoms with Gasteiger partial charge in [0.15, 0.2) is 0 Å². The third-order valence-electron chi connectivity index (χ3n) is 6.73. The first-order valence-corrected chi connectivity index (χ1v) is 15.0. The molecule has 0 aromatic heterocycles. The van der Waals surface area contributed by atoms with E-state index >= 15 is 0 Å². The van der Waals surface area contributed by atoms with Gasteiger partial charge in [-0.3, -0.25) is 13.9 Å². The monoisotopic (exact) mass is 581 g/mol. The zero-order valence-corrected chi connectivity index (χ0v) is 25.1. The minimum Gasteiger partial charge on any atom is -0.497 e. The summed E-state index contributed by atoms with van der Waals surface area (Å²) in [5, 5.41) is 2.88. The second kappa shape index (κ2) is 14.5. The van der Waals surface area contributed by atoms with Gasteiger partial charge in [0, 0.05) is 13.1 Å². The minimum absolute atomic E-state index is 0.0338. The van der Waals surface area contributed by atoms with Gasteiger partial charge in [0.05, 0.1) is 24.8 Å². The van der Waals surface area contributed by atoms with E-state index in [9.17, 15) is 18.0 Å². The van der Waals surface area contributed by atoms with Crippen LogP contribution in [0.15, 0.2) is 77.7 Å². The van der Waals surface area contributed by atoms with E-state index in [-0.39, 0.29) is 23.0 Å². The Labute approximate surface area is 243 Å². The summed E-state index contributed by atoms with van der Waals surface area (Å²) in [7, 11) is -1.21. The van der Waals surface area contributed by atoms with Crippen LogP contribution in [0.1, 0.15) is 37.8 Å². The van der Waals surface area contributed by atoms with Crippen LogP contribution in [0.5, 0.6) is 11.5 Å². The fourth-order valence-electron chi connectivity index (χ4n) is 4.27. The van der Waals surface area contributed by atoms with Gasteiger partial charge in [-0.15, -0.1) is 0 Å². The van der Waals surface area contributed by atoms with E-state index in [0.29, 0.717) is 18.0 Å². The fraction of sp³-hybridized carbons (Fsp3) is 0.355. The number of ether oxygens (including phenoxy) is 2. The quantitative estimate of drug-likeness (QED) is 0.280. The van der Waals surface area contributed by atoms with Crippen LogP contribution in [0.4, 0.5) is 5.69 Å². The van der Waals surface area contributed by atoms with E-state index < -0.39 is 28.5 Å². The molecule has 3 aromatic rings. The molecule has 10 heteroatoms. The largest absolute Gasteiger partial charge is 0.497 e. The number of aryl methyl sites for hydroxylation is 1. The van der Waals surface area contributed by atoms with Crippen LogP contribution in [-0.4, -0.2) is 58.5 Å². The summed E-state index contributed by atoms with van der Waals surface area (Å²) >= 11 is 0. The van der Waals surface area contributed by atoms with Gasteiger partial charge in [0.1, 0.15) is 24.1 Å². The molecule has 220 valence electrons. The van der Waals surface area contributed by atoms with Gasteiger partial charge in [-0.1, -0.05) is 55.3 Å². The van der Waals surface area contributed by atoms with Crippen molar-refractivity contribution in [2.75, 3.05) is 31.6 Å². The number of hydrogen-bond donors (Lipinski definition) is 1. The highest BCUT2D eigenvalue weighted by molar-refractivity contribution is 7.92. The summed E-state index contributed by atoms with van der Waals surface area (Å²) in [6.07, 6.45) is 1.71.